The summed E-state index contributed by atoms with van der Waals surface area (Å²) in [6.45, 7) is 7.49. The van der Waals surface area contributed by atoms with Gasteiger partial charge in [0.05, 0.1) is 14.2 Å². The monoisotopic (exact) mass is 264 g/mol. The number of ether oxygens (including phenoxy) is 2. The maximum atomic E-state index is 5.50. The molecule has 0 unspecified atom stereocenters. The second-order valence-electron chi connectivity index (χ2n) is 4.85. The molecule has 1 saturated heterocycles. The van der Waals surface area contributed by atoms with Gasteiger partial charge < -0.3 is 14.8 Å². The van der Waals surface area contributed by atoms with Gasteiger partial charge in [-0.2, -0.15) is 0 Å². The van der Waals surface area contributed by atoms with Crippen LogP contribution in [0.4, 0.5) is 0 Å². The van der Waals surface area contributed by atoms with Crippen molar-refractivity contribution in [2.24, 2.45) is 0 Å². The van der Waals surface area contributed by atoms with Crippen LogP contribution < -0.4 is 14.8 Å². The topological polar surface area (TPSA) is 33.7 Å². The SMILES string of the molecule is CCc1c(CN2CCNCC2)cc(OC)cc1OC. The Morgan fingerprint density at radius 3 is 2.47 bits per heavy atom. The van der Waals surface area contributed by atoms with E-state index in [4.69, 9.17) is 9.47 Å². The zero-order valence-electron chi connectivity index (χ0n) is 12.2. The summed E-state index contributed by atoms with van der Waals surface area (Å²) in [5.74, 6) is 1.81. The van der Waals surface area contributed by atoms with Gasteiger partial charge in [0.2, 0.25) is 0 Å². The van der Waals surface area contributed by atoms with Crippen LogP contribution in [0.15, 0.2) is 12.1 Å². The Labute approximate surface area is 115 Å². The molecule has 2 rings (SSSR count). The van der Waals surface area contributed by atoms with Crippen molar-refractivity contribution in [1.82, 2.24) is 10.2 Å². The molecule has 0 bridgehead atoms. The lowest BCUT2D eigenvalue weighted by Gasteiger charge is -2.28. The summed E-state index contributed by atoms with van der Waals surface area (Å²) in [5.41, 5.74) is 2.61. The Morgan fingerprint density at radius 1 is 1.16 bits per heavy atom. The summed E-state index contributed by atoms with van der Waals surface area (Å²) in [4.78, 5) is 2.48. The standard InChI is InChI=1S/C15H24N2O2/c1-4-14-12(11-17-7-5-16-6-8-17)9-13(18-2)10-15(14)19-3/h9-10,16H,4-8,11H2,1-3H3. The Bertz CT molecular complexity index is 415. The van der Waals surface area contributed by atoms with Crippen molar-refractivity contribution in [1.29, 1.82) is 0 Å². The normalized spacial score (nSPS) is 16.4. The quantitative estimate of drug-likeness (QED) is 0.877. The van der Waals surface area contributed by atoms with E-state index in [1.807, 2.05) is 6.07 Å². The van der Waals surface area contributed by atoms with E-state index in [0.29, 0.717) is 0 Å². The van der Waals surface area contributed by atoms with Gasteiger partial charge in [-0.1, -0.05) is 6.92 Å². The molecule has 4 nitrogen and oxygen atoms in total. The smallest absolute Gasteiger partial charge is 0.126 e. The van der Waals surface area contributed by atoms with Gasteiger partial charge in [-0.3, -0.25) is 4.90 Å². The van der Waals surface area contributed by atoms with Crippen LogP contribution in [0, 0.1) is 0 Å². The number of piperazine rings is 1. The van der Waals surface area contributed by atoms with Crippen LogP contribution in [0.5, 0.6) is 11.5 Å². The van der Waals surface area contributed by atoms with E-state index in [1.54, 1.807) is 14.2 Å². The Balaban J connectivity index is 2.25. The summed E-state index contributed by atoms with van der Waals surface area (Å²) < 4.78 is 10.9. The lowest BCUT2D eigenvalue weighted by Crippen LogP contribution is -2.43. The van der Waals surface area contributed by atoms with Crippen molar-refractivity contribution in [2.75, 3.05) is 40.4 Å². The van der Waals surface area contributed by atoms with Gasteiger partial charge in [-0.05, 0) is 23.6 Å². The number of nitrogens with zero attached hydrogens (tertiary/aromatic N) is 1. The average Bonchev–Trinajstić information content (AvgIpc) is 2.47. The molecule has 1 heterocycles. The van der Waals surface area contributed by atoms with Crippen molar-refractivity contribution in [3.8, 4) is 11.5 Å². The van der Waals surface area contributed by atoms with E-state index in [-0.39, 0.29) is 0 Å². The fourth-order valence-electron chi connectivity index (χ4n) is 2.63. The molecule has 4 heteroatoms. The first-order valence-corrected chi connectivity index (χ1v) is 6.95. The van der Waals surface area contributed by atoms with Crippen LogP contribution in [-0.2, 0) is 13.0 Å². The van der Waals surface area contributed by atoms with E-state index >= 15 is 0 Å². The fourth-order valence-corrected chi connectivity index (χ4v) is 2.63. The molecule has 0 amide bonds. The van der Waals surface area contributed by atoms with Crippen LogP contribution in [0.2, 0.25) is 0 Å². The summed E-state index contributed by atoms with van der Waals surface area (Å²) in [5, 5.41) is 3.38. The number of benzene rings is 1. The predicted octanol–water partition coefficient (Wildman–Crippen LogP) is 1.67. The second kappa shape index (κ2) is 6.78. The lowest BCUT2D eigenvalue weighted by atomic mass is 10.0. The van der Waals surface area contributed by atoms with E-state index in [9.17, 15) is 0 Å². The van der Waals surface area contributed by atoms with Gasteiger partial charge in [-0.25, -0.2) is 0 Å². The molecular formula is C15H24N2O2. The van der Waals surface area contributed by atoms with Crippen molar-refractivity contribution in [3.63, 3.8) is 0 Å². The molecule has 0 spiro atoms. The van der Waals surface area contributed by atoms with Crippen LogP contribution in [-0.4, -0.2) is 45.3 Å². The first kappa shape index (κ1) is 14.2. The Kier molecular flexibility index (Phi) is 5.05. The number of nitrogens with one attached hydrogen (secondary N) is 1. The second-order valence-corrected chi connectivity index (χ2v) is 4.85. The van der Waals surface area contributed by atoms with Crippen LogP contribution in [0.3, 0.4) is 0 Å². The summed E-state index contributed by atoms with van der Waals surface area (Å²) in [6.07, 6.45) is 0.981. The molecule has 0 atom stereocenters. The molecule has 1 fully saturated rings. The fraction of sp³-hybridized carbons (Fsp3) is 0.600. The molecule has 19 heavy (non-hydrogen) atoms. The largest absolute Gasteiger partial charge is 0.497 e. The highest BCUT2D eigenvalue weighted by Gasteiger charge is 2.15. The van der Waals surface area contributed by atoms with E-state index in [2.05, 4.69) is 23.2 Å². The van der Waals surface area contributed by atoms with E-state index in [0.717, 1.165) is 50.6 Å². The first-order valence-electron chi connectivity index (χ1n) is 6.95. The average molecular weight is 264 g/mol. The van der Waals surface area contributed by atoms with Gasteiger partial charge in [0.25, 0.3) is 0 Å². The molecule has 0 radical (unpaired) electrons. The molecule has 1 aliphatic heterocycles. The highest BCUT2D eigenvalue weighted by atomic mass is 16.5. The van der Waals surface area contributed by atoms with Gasteiger partial charge in [0.15, 0.2) is 0 Å². The minimum atomic E-state index is 0.874. The highest BCUT2D eigenvalue weighted by Crippen LogP contribution is 2.30. The lowest BCUT2D eigenvalue weighted by molar-refractivity contribution is 0.232. The van der Waals surface area contributed by atoms with Crippen molar-refractivity contribution in [3.05, 3.63) is 23.3 Å². The summed E-state index contributed by atoms with van der Waals surface area (Å²) >= 11 is 0. The van der Waals surface area contributed by atoms with Gasteiger partial charge in [0.1, 0.15) is 11.5 Å². The van der Waals surface area contributed by atoms with Crippen molar-refractivity contribution >= 4 is 0 Å². The van der Waals surface area contributed by atoms with Gasteiger partial charge >= 0.3 is 0 Å². The Morgan fingerprint density at radius 2 is 1.89 bits per heavy atom. The molecule has 0 aliphatic carbocycles. The third-order valence-electron chi connectivity index (χ3n) is 3.69. The number of hydrogen-bond acceptors (Lipinski definition) is 4. The summed E-state index contributed by atoms with van der Waals surface area (Å²) in [7, 11) is 3.43. The predicted molar refractivity (Wildman–Crippen MR) is 77.1 cm³/mol. The van der Waals surface area contributed by atoms with Crippen molar-refractivity contribution in [2.45, 2.75) is 19.9 Å². The van der Waals surface area contributed by atoms with Crippen LogP contribution >= 0.6 is 0 Å². The minimum absolute atomic E-state index is 0.874. The molecular weight excluding hydrogens is 240 g/mol. The molecule has 0 aromatic heterocycles. The number of methoxy groups -OCH3 is 2. The molecule has 1 N–H and O–H groups in total. The molecule has 1 aromatic rings. The van der Waals surface area contributed by atoms with Gasteiger partial charge in [-0.15, -0.1) is 0 Å². The molecule has 1 aromatic carbocycles. The minimum Gasteiger partial charge on any atom is -0.497 e. The van der Waals surface area contributed by atoms with E-state index in [1.165, 1.54) is 11.1 Å². The first-order chi connectivity index (χ1) is 9.28. The van der Waals surface area contributed by atoms with E-state index < -0.39 is 0 Å². The zero-order valence-corrected chi connectivity index (χ0v) is 12.2. The summed E-state index contributed by atoms with van der Waals surface area (Å²) in [6, 6.07) is 4.11. The Hall–Kier alpha value is -1.26. The number of hydrogen-bond donors (Lipinski definition) is 1. The highest BCUT2D eigenvalue weighted by molar-refractivity contribution is 5.46. The molecule has 106 valence electrons. The van der Waals surface area contributed by atoms with Crippen LogP contribution in [0.1, 0.15) is 18.1 Å². The molecule has 0 saturated carbocycles. The maximum Gasteiger partial charge on any atom is 0.126 e. The zero-order chi connectivity index (χ0) is 13.7. The maximum absolute atomic E-state index is 5.50. The van der Waals surface area contributed by atoms with Crippen LogP contribution in [0.25, 0.3) is 0 Å². The van der Waals surface area contributed by atoms with Gasteiger partial charge in [0, 0.05) is 38.8 Å². The molecule has 1 aliphatic rings. The van der Waals surface area contributed by atoms with Crippen molar-refractivity contribution < 1.29 is 9.47 Å². The number of rotatable bonds is 5. The third-order valence-corrected chi connectivity index (χ3v) is 3.69. The third kappa shape index (κ3) is 3.39.